The van der Waals surface area contributed by atoms with Gasteiger partial charge in [0.25, 0.3) is 0 Å². The molecule has 0 radical (unpaired) electrons. The summed E-state index contributed by atoms with van der Waals surface area (Å²) in [5.74, 6) is -0.00242. The molecule has 2 aromatic carbocycles. The molecule has 1 unspecified atom stereocenters. The fourth-order valence-electron chi connectivity index (χ4n) is 1.55. The van der Waals surface area contributed by atoms with Crippen LogP contribution in [0.25, 0.3) is 10.8 Å². The maximum absolute atomic E-state index is 11.5. The van der Waals surface area contributed by atoms with Gasteiger partial charge in [0.15, 0.2) is 0 Å². The zero-order chi connectivity index (χ0) is 14.1. The van der Waals surface area contributed by atoms with E-state index in [0.717, 1.165) is 5.39 Å². The van der Waals surface area contributed by atoms with Crippen molar-refractivity contribution in [3.8, 4) is 5.75 Å². The van der Waals surface area contributed by atoms with Gasteiger partial charge in [0, 0.05) is 5.39 Å². The highest BCUT2D eigenvalue weighted by Gasteiger charge is 2.34. The molecule has 0 fully saturated rings. The number of hydrogen-bond acceptors (Lipinski definition) is 4. The van der Waals surface area contributed by atoms with E-state index in [0.29, 0.717) is 5.39 Å². The minimum absolute atomic E-state index is 0.00242. The number of rotatable bonds is 4. The molecule has 2 rings (SSSR count). The molecule has 0 saturated carbocycles. The van der Waals surface area contributed by atoms with Crippen molar-refractivity contribution < 1.29 is 32.6 Å². The lowest BCUT2D eigenvalue weighted by molar-refractivity contribution is 0.230. The first-order valence-electron chi connectivity index (χ1n) is 5.04. The van der Waals surface area contributed by atoms with Gasteiger partial charge in [0.2, 0.25) is 0 Å². The van der Waals surface area contributed by atoms with Gasteiger partial charge in [-0.3, -0.25) is 4.89 Å². The molecular formula is C10H10O7P2. The SMILES string of the molecule is O=P(O)(O)OP(=O)(O)Oc1cccc2ccccc12. The molecule has 19 heavy (non-hydrogen) atoms. The summed E-state index contributed by atoms with van der Waals surface area (Å²) >= 11 is 0. The van der Waals surface area contributed by atoms with E-state index in [4.69, 9.17) is 9.79 Å². The van der Waals surface area contributed by atoms with Gasteiger partial charge in [-0.15, -0.1) is 0 Å². The van der Waals surface area contributed by atoms with Crippen LogP contribution in [0.2, 0.25) is 0 Å². The fraction of sp³-hybridized carbons (Fsp3) is 0. The van der Waals surface area contributed by atoms with E-state index in [2.05, 4.69) is 8.83 Å². The van der Waals surface area contributed by atoms with Gasteiger partial charge in [-0.2, -0.15) is 4.31 Å². The maximum atomic E-state index is 11.5. The van der Waals surface area contributed by atoms with Crippen LogP contribution in [0.4, 0.5) is 0 Å². The van der Waals surface area contributed by atoms with Gasteiger partial charge in [-0.25, -0.2) is 9.13 Å². The van der Waals surface area contributed by atoms with E-state index in [1.54, 1.807) is 36.4 Å². The van der Waals surface area contributed by atoms with E-state index in [1.807, 2.05) is 0 Å². The molecule has 0 spiro atoms. The molecule has 0 aliphatic heterocycles. The van der Waals surface area contributed by atoms with Crippen LogP contribution in [0.15, 0.2) is 42.5 Å². The summed E-state index contributed by atoms with van der Waals surface area (Å²) in [7, 11) is -10.0. The Labute approximate surface area is 108 Å². The lowest BCUT2D eigenvalue weighted by Crippen LogP contribution is -1.96. The number of phosphoric acid groups is 2. The first-order valence-corrected chi connectivity index (χ1v) is 8.06. The summed E-state index contributed by atoms with van der Waals surface area (Å²) in [4.78, 5) is 26.3. The van der Waals surface area contributed by atoms with Crippen molar-refractivity contribution in [2.24, 2.45) is 0 Å². The Kier molecular flexibility index (Phi) is 3.78. The van der Waals surface area contributed by atoms with Gasteiger partial charge in [0.1, 0.15) is 5.75 Å². The standard InChI is InChI=1S/C10H10O7P2/c11-18(12,13)17-19(14,15)16-10-7-3-5-8-4-1-2-6-9(8)10/h1-7H,(H,14,15)(H2,11,12,13). The molecular weight excluding hydrogens is 294 g/mol. The topological polar surface area (TPSA) is 113 Å². The van der Waals surface area contributed by atoms with Crippen molar-refractivity contribution in [3.63, 3.8) is 0 Å². The predicted octanol–water partition coefficient (Wildman–Crippen LogP) is 2.43. The van der Waals surface area contributed by atoms with Crippen molar-refractivity contribution in [1.29, 1.82) is 0 Å². The lowest BCUT2D eigenvalue weighted by atomic mass is 10.1. The molecule has 102 valence electrons. The third-order valence-electron chi connectivity index (χ3n) is 2.17. The smallest absolute Gasteiger partial charge is 0.403 e. The van der Waals surface area contributed by atoms with E-state index in [9.17, 15) is 14.0 Å². The van der Waals surface area contributed by atoms with Crippen LogP contribution in [-0.2, 0) is 13.4 Å². The molecule has 9 heteroatoms. The summed E-state index contributed by atoms with van der Waals surface area (Å²) in [5.41, 5.74) is 0. The summed E-state index contributed by atoms with van der Waals surface area (Å²) in [6.07, 6.45) is 0. The monoisotopic (exact) mass is 304 g/mol. The first-order chi connectivity index (χ1) is 8.77. The van der Waals surface area contributed by atoms with Gasteiger partial charge < -0.3 is 14.3 Å². The molecule has 0 aromatic heterocycles. The largest absolute Gasteiger partial charge is 0.536 e. The zero-order valence-corrected chi connectivity index (χ0v) is 11.2. The normalized spacial score (nSPS) is 15.1. The Morgan fingerprint density at radius 1 is 0.895 bits per heavy atom. The van der Waals surface area contributed by atoms with Crippen molar-refractivity contribution in [2.75, 3.05) is 0 Å². The third-order valence-corrected chi connectivity index (χ3v) is 4.28. The van der Waals surface area contributed by atoms with Crippen molar-refractivity contribution in [3.05, 3.63) is 42.5 Å². The number of phosphoric ester groups is 1. The highest BCUT2D eigenvalue weighted by Crippen LogP contribution is 2.57. The van der Waals surface area contributed by atoms with Gasteiger partial charge in [0.05, 0.1) is 0 Å². The summed E-state index contributed by atoms with van der Waals surface area (Å²) in [6, 6.07) is 11.6. The Hall–Kier alpha value is -1.20. The molecule has 0 amide bonds. The average Bonchev–Trinajstić information content (AvgIpc) is 2.25. The summed E-state index contributed by atoms with van der Waals surface area (Å²) in [6.45, 7) is 0. The molecule has 0 bridgehead atoms. The molecule has 0 aliphatic rings. The molecule has 1 atom stereocenters. The average molecular weight is 304 g/mol. The minimum Gasteiger partial charge on any atom is -0.403 e. The molecule has 0 heterocycles. The summed E-state index contributed by atoms with van der Waals surface area (Å²) in [5, 5.41) is 1.27. The predicted molar refractivity (Wildman–Crippen MR) is 67.5 cm³/mol. The van der Waals surface area contributed by atoms with Crippen LogP contribution >= 0.6 is 15.6 Å². The Balaban J connectivity index is 2.36. The van der Waals surface area contributed by atoms with Crippen LogP contribution in [-0.4, -0.2) is 14.7 Å². The van der Waals surface area contributed by atoms with Gasteiger partial charge in [-0.1, -0.05) is 36.4 Å². The highest BCUT2D eigenvalue weighted by molar-refractivity contribution is 7.60. The number of fused-ring (bicyclic) bond motifs is 1. The van der Waals surface area contributed by atoms with Gasteiger partial charge in [-0.05, 0) is 11.5 Å². The zero-order valence-electron chi connectivity index (χ0n) is 9.41. The van der Waals surface area contributed by atoms with Gasteiger partial charge >= 0.3 is 15.6 Å². The van der Waals surface area contributed by atoms with Crippen LogP contribution in [0.1, 0.15) is 0 Å². The third kappa shape index (κ3) is 3.88. The Morgan fingerprint density at radius 2 is 1.53 bits per heavy atom. The van der Waals surface area contributed by atoms with Crippen molar-refractivity contribution in [2.45, 2.75) is 0 Å². The number of benzene rings is 2. The molecule has 3 N–H and O–H groups in total. The molecule has 0 saturated heterocycles. The lowest BCUT2D eigenvalue weighted by Gasteiger charge is -2.14. The second kappa shape index (κ2) is 5.06. The van der Waals surface area contributed by atoms with Crippen LogP contribution in [0.5, 0.6) is 5.75 Å². The molecule has 7 nitrogen and oxygen atoms in total. The number of hydrogen-bond donors (Lipinski definition) is 3. The second-order valence-corrected chi connectivity index (χ2v) is 6.36. The van der Waals surface area contributed by atoms with E-state index >= 15 is 0 Å². The van der Waals surface area contributed by atoms with E-state index < -0.39 is 15.6 Å². The quantitative estimate of drug-likeness (QED) is 0.743. The highest BCUT2D eigenvalue weighted by atomic mass is 31.3. The maximum Gasteiger partial charge on any atom is 0.536 e. The molecule has 0 aliphatic carbocycles. The fourth-order valence-corrected chi connectivity index (χ4v) is 3.17. The van der Waals surface area contributed by atoms with Crippen LogP contribution in [0, 0.1) is 0 Å². The Bertz CT molecular complexity index is 688. The van der Waals surface area contributed by atoms with Crippen LogP contribution < -0.4 is 4.52 Å². The van der Waals surface area contributed by atoms with E-state index in [-0.39, 0.29) is 5.75 Å². The minimum atomic E-state index is -5.12. The van der Waals surface area contributed by atoms with Crippen LogP contribution in [0.3, 0.4) is 0 Å². The van der Waals surface area contributed by atoms with Crippen molar-refractivity contribution in [1.82, 2.24) is 0 Å². The first kappa shape index (κ1) is 14.2. The molecule has 2 aromatic rings. The van der Waals surface area contributed by atoms with Crippen molar-refractivity contribution >= 4 is 26.4 Å². The van der Waals surface area contributed by atoms with E-state index in [1.165, 1.54) is 6.07 Å². The second-order valence-electron chi connectivity index (χ2n) is 3.61. The summed E-state index contributed by atoms with van der Waals surface area (Å²) < 4.78 is 30.4. The Morgan fingerprint density at radius 3 is 2.21 bits per heavy atom.